The lowest BCUT2D eigenvalue weighted by atomic mass is 9.87. The van der Waals surface area contributed by atoms with Gasteiger partial charge in [0.25, 0.3) is 0 Å². The van der Waals surface area contributed by atoms with E-state index in [0.717, 1.165) is 19.4 Å². The summed E-state index contributed by atoms with van der Waals surface area (Å²) in [5.74, 6) is 0.0955. The molecule has 106 valence electrons. The molecule has 0 atom stereocenters. The number of carbonyl (C=O) groups is 1. The van der Waals surface area contributed by atoms with Crippen LogP contribution >= 0.6 is 0 Å². The monoisotopic (exact) mass is 267 g/mol. The van der Waals surface area contributed by atoms with Crippen LogP contribution < -0.4 is 5.32 Å². The second-order valence-electron chi connectivity index (χ2n) is 5.46. The third-order valence-electron chi connectivity index (χ3n) is 4.00. The lowest BCUT2D eigenvalue weighted by Gasteiger charge is -2.26. The van der Waals surface area contributed by atoms with Crippen molar-refractivity contribution in [3.63, 3.8) is 0 Å². The fourth-order valence-electron chi connectivity index (χ4n) is 2.81. The van der Waals surface area contributed by atoms with E-state index >= 15 is 0 Å². The Morgan fingerprint density at radius 3 is 2.68 bits per heavy atom. The van der Waals surface area contributed by atoms with Crippen LogP contribution in [0.25, 0.3) is 0 Å². The van der Waals surface area contributed by atoms with Crippen LogP contribution in [0, 0.1) is 12.3 Å². The van der Waals surface area contributed by atoms with Gasteiger partial charge in [0, 0.05) is 18.6 Å². The molecule has 1 aliphatic carbocycles. The minimum absolute atomic E-state index is 0.00271. The zero-order valence-electron chi connectivity index (χ0n) is 11.2. The molecule has 0 amide bonds. The fraction of sp³-hybridized carbons (Fsp3) is 0.643. The first-order valence-corrected chi connectivity index (χ1v) is 6.70. The van der Waals surface area contributed by atoms with Gasteiger partial charge in [0.05, 0.1) is 6.54 Å². The van der Waals surface area contributed by atoms with Crippen molar-refractivity contribution >= 4 is 5.97 Å². The molecule has 5 heteroatoms. The van der Waals surface area contributed by atoms with Crippen molar-refractivity contribution in [3.05, 3.63) is 23.2 Å². The Morgan fingerprint density at radius 2 is 2.16 bits per heavy atom. The van der Waals surface area contributed by atoms with Gasteiger partial charge in [-0.15, -0.1) is 0 Å². The predicted molar refractivity (Wildman–Crippen MR) is 70.1 cm³/mol. The Bertz CT molecular complexity index is 446. The van der Waals surface area contributed by atoms with Crippen LogP contribution in [0.5, 0.6) is 0 Å². The second kappa shape index (κ2) is 5.75. The van der Waals surface area contributed by atoms with E-state index in [-0.39, 0.29) is 17.6 Å². The molecule has 0 aliphatic heterocycles. The lowest BCUT2D eigenvalue weighted by molar-refractivity contribution is 0.0695. The highest BCUT2D eigenvalue weighted by atomic mass is 16.4. The van der Waals surface area contributed by atoms with E-state index in [1.54, 1.807) is 13.0 Å². The first-order valence-electron chi connectivity index (χ1n) is 6.70. The molecule has 1 fully saturated rings. The quantitative estimate of drug-likeness (QED) is 0.733. The van der Waals surface area contributed by atoms with Crippen molar-refractivity contribution in [1.82, 2.24) is 5.32 Å². The number of carboxylic acid groups (broad SMARTS) is 1. The molecular weight excluding hydrogens is 246 g/mol. The van der Waals surface area contributed by atoms with Crippen LogP contribution in [0.4, 0.5) is 0 Å². The van der Waals surface area contributed by atoms with Crippen molar-refractivity contribution in [2.45, 2.75) is 39.2 Å². The van der Waals surface area contributed by atoms with Gasteiger partial charge in [0.15, 0.2) is 0 Å². The van der Waals surface area contributed by atoms with Crippen LogP contribution in [-0.4, -0.2) is 29.3 Å². The van der Waals surface area contributed by atoms with E-state index in [4.69, 9.17) is 9.52 Å². The van der Waals surface area contributed by atoms with Crippen LogP contribution in [0.3, 0.4) is 0 Å². The highest BCUT2D eigenvalue weighted by molar-refractivity contribution is 5.88. The minimum Gasteiger partial charge on any atom is -0.478 e. The molecule has 5 nitrogen and oxygen atoms in total. The Labute approximate surface area is 112 Å². The third kappa shape index (κ3) is 3.16. The zero-order chi connectivity index (χ0) is 13.9. The smallest absolute Gasteiger partial charge is 0.339 e. The number of aryl methyl sites for hydroxylation is 1. The van der Waals surface area contributed by atoms with E-state index in [1.165, 1.54) is 12.8 Å². The molecule has 1 heterocycles. The number of hydrogen-bond donors (Lipinski definition) is 3. The largest absolute Gasteiger partial charge is 0.478 e. The topological polar surface area (TPSA) is 82.7 Å². The summed E-state index contributed by atoms with van der Waals surface area (Å²) >= 11 is 0. The summed E-state index contributed by atoms with van der Waals surface area (Å²) in [4.78, 5) is 10.9. The molecule has 19 heavy (non-hydrogen) atoms. The highest BCUT2D eigenvalue weighted by Crippen LogP contribution is 2.36. The number of aliphatic hydroxyl groups excluding tert-OH is 1. The van der Waals surface area contributed by atoms with Gasteiger partial charge in [-0.1, -0.05) is 12.8 Å². The summed E-state index contributed by atoms with van der Waals surface area (Å²) in [5.41, 5.74) is 0.214. The van der Waals surface area contributed by atoms with Gasteiger partial charge >= 0.3 is 5.97 Å². The average Bonchev–Trinajstić information content (AvgIpc) is 2.97. The second-order valence-corrected chi connectivity index (χ2v) is 5.46. The number of hydrogen-bond acceptors (Lipinski definition) is 4. The molecular formula is C14H21NO4. The molecule has 0 saturated heterocycles. The third-order valence-corrected chi connectivity index (χ3v) is 4.00. The number of aliphatic hydroxyl groups is 1. The highest BCUT2D eigenvalue weighted by Gasteiger charge is 2.32. The Morgan fingerprint density at radius 1 is 1.47 bits per heavy atom. The molecule has 0 aromatic carbocycles. The van der Waals surface area contributed by atoms with Gasteiger partial charge < -0.3 is 19.9 Å². The number of aromatic carboxylic acids is 1. The van der Waals surface area contributed by atoms with Crippen LogP contribution in [0.2, 0.25) is 0 Å². The van der Waals surface area contributed by atoms with E-state index in [2.05, 4.69) is 5.32 Å². The van der Waals surface area contributed by atoms with Gasteiger partial charge in [-0.3, -0.25) is 0 Å². The van der Waals surface area contributed by atoms with Crippen LogP contribution in [0.15, 0.2) is 10.5 Å². The van der Waals surface area contributed by atoms with Crippen molar-refractivity contribution in [2.75, 3.05) is 13.2 Å². The molecule has 1 aliphatic rings. The normalized spacial score (nSPS) is 17.8. The summed E-state index contributed by atoms with van der Waals surface area (Å²) in [6.45, 7) is 3.10. The maximum Gasteiger partial charge on any atom is 0.339 e. The first kappa shape index (κ1) is 14.1. The van der Waals surface area contributed by atoms with E-state index < -0.39 is 5.97 Å². The minimum atomic E-state index is -0.963. The van der Waals surface area contributed by atoms with Crippen molar-refractivity contribution < 1.29 is 19.4 Å². The number of nitrogens with one attached hydrogen (secondary N) is 1. The zero-order valence-corrected chi connectivity index (χ0v) is 11.2. The first-order chi connectivity index (χ1) is 9.06. The van der Waals surface area contributed by atoms with Crippen molar-refractivity contribution in [2.24, 2.45) is 5.41 Å². The lowest BCUT2D eigenvalue weighted by Crippen LogP contribution is -2.34. The van der Waals surface area contributed by atoms with Gasteiger partial charge in [-0.2, -0.15) is 0 Å². The van der Waals surface area contributed by atoms with Gasteiger partial charge in [-0.25, -0.2) is 4.79 Å². The van der Waals surface area contributed by atoms with Gasteiger partial charge in [-0.05, 0) is 25.8 Å². The van der Waals surface area contributed by atoms with Crippen LogP contribution in [-0.2, 0) is 6.54 Å². The van der Waals surface area contributed by atoms with Crippen molar-refractivity contribution in [1.29, 1.82) is 0 Å². The maximum atomic E-state index is 10.9. The average molecular weight is 267 g/mol. The maximum absolute atomic E-state index is 10.9. The van der Waals surface area contributed by atoms with Gasteiger partial charge in [0.2, 0.25) is 0 Å². The fourth-order valence-corrected chi connectivity index (χ4v) is 2.81. The van der Waals surface area contributed by atoms with E-state index in [0.29, 0.717) is 18.1 Å². The summed E-state index contributed by atoms with van der Waals surface area (Å²) in [6.07, 6.45) is 4.44. The summed E-state index contributed by atoms with van der Waals surface area (Å²) in [6, 6.07) is 1.56. The molecule has 0 spiro atoms. The van der Waals surface area contributed by atoms with Gasteiger partial charge in [0.1, 0.15) is 17.1 Å². The van der Waals surface area contributed by atoms with E-state index in [1.807, 2.05) is 0 Å². The standard InChI is InChI=1S/C14H21NO4/c1-10-12(13(17)18)6-11(19-10)7-15-8-14(9-16)4-2-3-5-14/h6,15-16H,2-5,7-9H2,1H3,(H,17,18). The van der Waals surface area contributed by atoms with Crippen LogP contribution in [0.1, 0.15) is 47.6 Å². The van der Waals surface area contributed by atoms with Crippen molar-refractivity contribution in [3.8, 4) is 0 Å². The number of furan rings is 1. The Hall–Kier alpha value is -1.33. The summed E-state index contributed by atoms with van der Waals surface area (Å²) in [5, 5.41) is 21.7. The molecule has 2 rings (SSSR count). The molecule has 0 bridgehead atoms. The number of carboxylic acids is 1. The molecule has 1 saturated carbocycles. The molecule has 0 unspecified atom stereocenters. The number of rotatable bonds is 6. The SMILES string of the molecule is Cc1oc(CNCC2(CO)CCCC2)cc1C(=O)O. The molecule has 1 aromatic heterocycles. The Balaban J connectivity index is 1.89. The van der Waals surface area contributed by atoms with E-state index in [9.17, 15) is 9.90 Å². The molecule has 3 N–H and O–H groups in total. The Kier molecular flexibility index (Phi) is 4.27. The summed E-state index contributed by atoms with van der Waals surface area (Å²) < 4.78 is 5.40. The molecule has 1 aromatic rings. The summed E-state index contributed by atoms with van der Waals surface area (Å²) in [7, 11) is 0. The predicted octanol–water partition coefficient (Wildman–Crippen LogP) is 1.93. The molecule has 0 radical (unpaired) electrons.